The van der Waals surface area contributed by atoms with Crippen molar-refractivity contribution in [3.05, 3.63) is 230 Å². The third-order valence-electron chi connectivity index (χ3n) is 13.7. The van der Waals surface area contributed by atoms with Crippen LogP contribution >= 0.6 is 0 Å². The number of para-hydroxylation sites is 4. The molecule has 0 bridgehead atoms. The van der Waals surface area contributed by atoms with Gasteiger partial charge in [-0.05, 0) is 94.0 Å². The molecule has 0 unspecified atom stereocenters. The predicted molar refractivity (Wildman–Crippen MR) is 270 cm³/mol. The maximum absolute atomic E-state index is 5.42. The second-order valence-electron chi connectivity index (χ2n) is 17.8. The van der Waals surface area contributed by atoms with Crippen molar-refractivity contribution in [3.63, 3.8) is 0 Å². The highest BCUT2D eigenvalue weighted by molar-refractivity contribution is 6.10. The third kappa shape index (κ3) is 5.84. The van der Waals surface area contributed by atoms with Gasteiger partial charge in [0.15, 0.2) is 5.82 Å². The van der Waals surface area contributed by atoms with Gasteiger partial charge in [-0.1, -0.05) is 172 Å². The minimum absolute atomic E-state index is 0.0858. The van der Waals surface area contributed by atoms with Crippen molar-refractivity contribution < 1.29 is 0 Å². The van der Waals surface area contributed by atoms with Crippen molar-refractivity contribution in [2.45, 2.75) is 19.3 Å². The molecule has 0 radical (unpaired) electrons. The van der Waals surface area contributed by atoms with Gasteiger partial charge in [0, 0.05) is 55.0 Å². The van der Waals surface area contributed by atoms with Gasteiger partial charge in [-0.25, -0.2) is 9.97 Å². The molecule has 0 aliphatic heterocycles. The first-order valence-electron chi connectivity index (χ1n) is 22.4. The Hall–Kier alpha value is -8.34. The Kier molecular flexibility index (Phi) is 8.22. The van der Waals surface area contributed by atoms with E-state index in [0.29, 0.717) is 5.82 Å². The molecular formula is C61H42N4. The molecule has 0 fully saturated rings. The van der Waals surface area contributed by atoms with Crippen LogP contribution in [0, 0.1) is 0 Å². The molecule has 1 aliphatic rings. The highest BCUT2D eigenvalue weighted by atomic mass is 15.0. The maximum Gasteiger partial charge on any atom is 0.160 e. The fraction of sp³-hybridized carbons (Fsp3) is 0.0492. The van der Waals surface area contributed by atoms with Crippen molar-refractivity contribution in [1.29, 1.82) is 0 Å². The van der Waals surface area contributed by atoms with Crippen LogP contribution in [-0.4, -0.2) is 19.1 Å². The van der Waals surface area contributed by atoms with E-state index in [4.69, 9.17) is 9.97 Å². The van der Waals surface area contributed by atoms with Crippen LogP contribution in [0.4, 0.5) is 0 Å². The number of rotatable bonds is 6. The molecular weight excluding hydrogens is 789 g/mol. The fourth-order valence-electron chi connectivity index (χ4n) is 10.6. The van der Waals surface area contributed by atoms with Crippen LogP contribution in [0.1, 0.15) is 25.0 Å². The van der Waals surface area contributed by atoms with E-state index in [9.17, 15) is 0 Å². The van der Waals surface area contributed by atoms with Crippen molar-refractivity contribution in [1.82, 2.24) is 19.1 Å². The van der Waals surface area contributed by atoms with Crippen LogP contribution in [0.25, 0.3) is 111 Å². The van der Waals surface area contributed by atoms with E-state index < -0.39 is 0 Å². The molecule has 0 saturated carbocycles. The summed E-state index contributed by atoms with van der Waals surface area (Å²) in [5.74, 6) is 0.682. The fourth-order valence-corrected chi connectivity index (χ4v) is 10.6. The van der Waals surface area contributed by atoms with E-state index in [2.05, 4.69) is 235 Å². The third-order valence-corrected chi connectivity index (χ3v) is 13.7. The summed E-state index contributed by atoms with van der Waals surface area (Å²) in [4.78, 5) is 10.7. The van der Waals surface area contributed by atoms with Gasteiger partial charge in [0.25, 0.3) is 0 Å². The molecule has 0 N–H and O–H groups in total. The normalized spacial score (nSPS) is 12.9. The quantitative estimate of drug-likeness (QED) is 0.167. The van der Waals surface area contributed by atoms with Crippen LogP contribution in [0.5, 0.6) is 0 Å². The van der Waals surface area contributed by atoms with Crippen molar-refractivity contribution in [2.75, 3.05) is 0 Å². The Morgan fingerprint density at radius 2 is 0.785 bits per heavy atom. The highest BCUT2D eigenvalue weighted by Gasteiger charge is 2.35. The zero-order valence-electron chi connectivity index (χ0n) is 36.1. The topological polar surface area (TPSA) is 35.6 Å². The molecule has 0 spiro atoms. The van der Waals surface area contributed by atoms with Gasteiger partial charge in [0.2, 0.25) is 0 Å². The lowest BCUT2D eigenvalue weighted by Crippen LogP contribution is -2.14. The zero-order valence-corrected chi connectivity index (χ0v) is 36.1. The molecule has 4 nitrogen and oxygen atoms in total. The summed E-state index contributed by atoms with van der Waals surface area (Å²) >= 11 is 0. The molecule has 3 aromatic heterocycles. The Balaban J connectivity index is 1.04. The number of benzene rings is 9. The first-order valence-corrected chi connectivity index (χ1v) is 22.4. The highest BCUT2D eigenvalue weighted by Crippen LogP contribution is 2.49. The summed E-state index contributed by atoms with van der Waals surface area (Å²) in [5.41, 5.74) is 19.1. The summed E-state index contributed by atoms with van der Waals surface area (Å²) in [6.07, 6.45) is 0. The molecule has 0 amide bonds. The Morgan fingerprint density at radius 1 is 0.323 bits per heavy atom. The number of nitrogens with zero attached hydrogens (tertiary/aromatic N) is 4. The zero-order chi connectivity index (χ0) is 43.2. The summed E-state index contributed by atoms with van der Waals surface area (Å²) in [6.45, 7) is 4.68. The van der Waals surface area contributed by atoms with Crippen LogP contribution in [-0.2, 0) is 5.41 Å². The minimum atomic E-state index is -0.0858. The van der Waals surface area contributed by atoms with Crippen molar-refractivity contribution in [2.24, 2.45) is 0 Å². The standard InChI is InChI=1S/C61H42N4/c1-61(2)52-26-11-6-21-46(52)47-32-31-41(36-53(47)61)40-19-16-20-42(33-40)54-38-55(63-60(62-54)39-17-4-3-5-18-39)43-34-44(64-56-27-12-7-22-48(56)49-23-8-13-28-57(49)64)37-45(35-43)65-58-29-14-9-24-50(58)51-25-10-15-30-59(51)65/h3-38H,1-2H3. The van der Waals surface area contributed by atoms with Crippen molar-refractivity contribution >= 4 is 43.6 Å². The molecule has 12 aromatic rings. The molecule has 4 heteroatoms. The van der Waals surface area contributed by atoms with Gasteiger partial charge >= 0.3 is 0 Å². The Morgan fingerprint density at radius 3 is 1.38 bits per heavy atom. The van der Waals surface area contributed by atoms with Gasteiger partial charge < -0.3 is 9.13 Å². The van der Waals surface area contributed by atoms with E-state index in [1.54, 1.807) is 0 Å². The number of fused-ring (bicyclic) bond motifs is 9. The smallest absolute Gasteiger partial charge is 0.160 e. The number of aromatic nitrogens is 4. The van der Waals surface area contributed by atoms with E-state index in [1.807, 2.05) is 6.07 Å². The van der Waals surface area contributed by atoms with E-state index in [0.717, 1.165) is 67.1 Å². The lowest BCUT2D eigenvalue weighted by atomic mass is 9.81. The van der Waals surface area contributed by atoms with E-state index >= 15 is 0 Å². The molecule has 0 atom stereocenters. The van der Waals surface area contributed by atoms with Crippen molar-refractivity contribution in [3.8, 4) is 67.5 Å². The van der Waals surface area contributed by atoms with Crippen LogP contribution in [0.3, 0.4) is 0 Å². The molecule has 0 saturated heterocycles. The van der Waals surface area contributed by atoms with Gasteiger partial charge in [-0.2, -0.15) is 0 Å². The minimum Gasteiger partial charge on any atom is -0.309 e. The molecule has 65 heavy (non-hydrogen) atoms. The molecule has 3 heterocycles. The van der Waals surface area contributed by atoms with Gasteiger partial charge in [0.1, 0.15) is 0 Å². The monoisotopic (exact) mass is 830 g/mol. The number of hydrogen-bond donors (Lipinski definition) is 0. The number of hydrogen-bond acceptors (Lipinski definition) is 2. The molecule has 13 rings (SSSR count). The average Bonchev–Trinajstić information content (AvgIpc) is 3.97. The summed E-state index contributed by atoms with van der Waals surface area (Å²) in [6, 6.07) is 79.0. The summed E-state index contributed by atoms with van der Waals surface area (Å²) in [7, 11) is 0. The average molecular weight is 831 g/mol. The molecule has 1 aliphatic carbocycles. The van der Waals surface area contributed by atoms with Crippen LogP contribution in [0.2, 0.25) is 0 Å². The van der Waals surface area contributed by atoms with Gasteiger partial charge in [0.05, 0.1) is 33.5 Å². The Labute approximate surface area is 377 Å². The van der Waals surface area contributed by atoms with Gasteiger partial charge in [-0.15, -0.1) is 0 Å². The first-order chi connectivity index (χ1) is 32.0. The van der Waals surface area contributed by atoms with Crippen LogP contribution in [0.15, 0.2) is 218 Å². The summed E-state index contributed by atoms with van der Waals surface area (Å²) < 4.78 is 4.82. The lowest BCUT2D eigenvalue weighted by molar-refractivity contribution is 0.660. The lowest BCUT2D eigenvalue weighted by Gasteiger charge is -2.22. The SMILES string of the molecule is CC1(C)c2ccccc2-c2ccc(-c3cccc(-c4cc(-c5cc(-n6c7ccccc7c7ccccc76)cc(-n6c7ccccc7c7ccccc76)c5)nc(-c5ccccc5)n4)c3)cc21. The largest absolute Gasteiger partial charge is 0.309 e. The first kappa shape index (κ1) is 37.2. The van der Waals surface area contributed by atoms with Crippen LogP contribution < -0.4 is 0 Å². The molecule has 9 aromatic carbocycles. The predicted octanol–water partition coefficient (Wildman–Crippen LogP) is 15.6. The van der Waals surface area contributed by atoms with Gasteiger partial charge in [-0.3, -0.25) is 0 Å². The molecule has 306 valence electrons. The second kappa shape index (κ2) is 14.3. The Bertz CT molecular complexity index is 3630. The second-order valence-corrected chi connectivity index (χ2v) is 17.8. The summed E-state index contributed by atoms with van der Waals surface area (Å²) in [5, 5.41) is 4.89. The van der Waals surface area contributed by atoms with E-state index in [-0.39, 0.29) is 5.41 Å². The van der Waals surface area contributed by atoms with E-state index in [1.165, 1.54) is 49.4 Å². The maximum atomic E-state index is 5.42.